The fourth-order valence-corrected chi connectivity index (χ4v) is 2.03. The van der Waals surface area contributed by atoms with E-state index in [2.05, 4.69) is 5.32 Å². The first-order valence-corrected chi connectivity index (χ1v) is 7.83. The van der Waals surface area contributed by atoms with Crippen molar-refractivity contribution in [1.82, 2.24) is 0 Å². The SMILES string of the molecule is CCCOc1ccc(C=O)cc1NC(=O)COc1ccc(C)cc1. The first-order valence-electron chi connectivity index (χ1n) is 7.83. The second-order valence-corrected chi connectivity index (χ2v) is 5.37. The van der Waals surface area contributed by atoms with Gasteiger partial charge >= 0.3 is 0 Å². The molecule has 5 heteroatoms. The highest BCUT2D eigenvalue weighted by Crippen LogP contribution is 2.25. The van der Waals surface area contributed by atoms with Crippen LogP contribution in [0.4, 0.5) is 5.69 Å². The number of rotatable bonds is 8. The molecular formula is C19H21NO4. The molecule has 2 aromatic rings. The van der Waals surface area contributed by atoms with Crippen molar-refractivity contribution in [2.75, 3.05) is 18.5 Å². The molecule has 0 saturated heterocycles. The summed E-state index contributed by atoms with van der Waals surface area (Å²) in [5.41, 5.74) is 2.05. The largest absolute Gasteiger partial charge is 0.491 e. The zero-order chi connectivity index (χ0) is 17.4. The minimum atomic E-state index is -0.319. The van der Waals surface area contributed by atoms with Crippen molar-refractivity contribution in [3.8, 4) is 11.5 Å². The Bertz CT molecular complexity index is 695. The van der Waals surface area contributed by atoms with Gasteiger partial charge in [-0.15, -0.1) is 0 Å². The predicted molar refractivity (Wildman–Crippen MR) is 92.9 cm³/mol. The lowest BCUT2D eigenvalue weighted by Crippen LogP contribution is -2.20. The normalized spacial score (nSPS) is 10.1. The lowest BCUT2D eigenvalue weighted by atomic mass is 10.2. The third kappa shape index (κ3) is 5.12. The van der Waals surface area contributed by atoms with Gasteiger partial charge in [-0.25, -0.2) is 0 Å². The Balaban J connectivity index is 2.01. The molecule has 0 saturated carbocycles. The van der Waals surface area contributed by atoms with E-state index in [4.69, 9.17) is 9.47 Å². The van der Waals surface area contributed by atoms with E-state index in [1.54, 1.807) is 18.2 Å². The first-order chi connectivity index (χ1) is 11.6. The number of carbonyl (C=O) groups is 2. The van der Waals surface area contributed by atoms with Crippen molar-refractivity contribution < 1.29 is 19.1 Å². The summed E-state index contributed by atoms with van der Waals surface area (Å²) in [5, 5.41) is 2.73. The van der Waals surface area contributed by atoms with Gasteiger partial charge < -0.3 is 14.8 Å². The van der Waals surface area contributed by atoms with Gasteiger partial charge in [0.25, 0.3) is 5.91 Å². The summed E-state index contributed by atoms with van der Waals surface area (Å²) in [6, 6.07) is 12.4. The van der Waals surface area contributed by atoms with Crippen LogP contribution in [0.25, 0.3) is 0 Å². The van der Waals surface area contributed by atoms with Gasteiger partial charge in [0, 0.05) is 5.56 Å². The number of carbonyl (C=O) groups excluding carboxylic acids is 2. The smallest absolute Gasteiger partial charge is 0.262 e. The van der Waals surface area contributed by atoms with Gasteiger partial charge in [-0.1, -0.05) is 24.6 Å². The Kier molecular flexibility index (Phi) is 6.37. The fourth-order valence-electron chi connectivity index (χ4n) is 2.03. The van der Waals surface area contributed by atoms with Crippen molar-refractivity contribution in [2.24, 2.45) is 0 Å². The van der Waals surface area contributed by atoms with Crippen LogP contribution in [-0.2, 0) is 4.79 Å². The van der Waals surface area contributed by atoms with Crippen LogP contribution in [0.15, 0.2) is 42.5 Å². The minimum absolute atomic E-state index is 0.123. The molecule has 0 unspecified atom stereocenters. The zero-order valence-corrected chi connectivity index (χ0v) is 13.9. The quantitative estimate of drug-likeness (QED) is 0.752. The average molecular weight is 327 g/mol. The highest BCUT2D eigenvalue weighted by atomic mass is 16.5. The van der Waals surface area contributed by atoms with E-state index < -0.39 is 0 Å². The summed E-state index contributed by atoms with van der Waals surface area (Å²) < 4.78 is 11.0. The van der Waals surface area contributed by atoms with Gasteiger partial charge in [-0.2, -0.15) is 0 Å². The maximum absolute atomic E-state index is 12.1. The second-order valence-electron chi connectivity index (χ2n) is 5.37. The molecular weight excluding hydrogens is 306 g/mol. The first kappa shape index (κ1) is 17.5. The number of ether oxygens (including phenoxy) is 2. The van der Waals surface area contributed by atoms with Gasteiger partial charge in [0.05, 0.1) is 12.3 Å². The van der Waals surface area contributed by atoms with Crippen LogP contribution in [0.5, 0.6) is 11.5 Å². The van der Waals surface area contributed by atoms with E-state index in [1.807, 2.05) is 38.1 Å². The number of nitrogens with one attached hydrogen (secondary N) is 1. The van der Waals surface area contributed by atoms with E-state index in [1.165, 1.54) is 0 Å². The summed E-state index contributed by atoms with van der Waals surface area (Å²) in [5.74, 6) is 0.839. The molecule has 24 heavy (non-hydrogen) atoms. The molecule has 0 aliphatic heterocycles. The number of anilines is 1. The number of hydrogen-bond acceptors (Lipinski definition) is 4. The van der Waals surface area contributed by atoms with Gasteiger partial charge in [0.2, 0.25) is 0 Å². The zero-order valence-electron chi connectivity index (χ0n) is 13.9. The van der Waals surface area contributed by atoms with Crippen LogP contribution in [0, 0.1) is 6.92 Å². The number of aryl methyl sites for hydroxylation is 1. The van der Waals surface area contributed by atoms with Crippen LogP contribution < -0.4 is 14.8 Å². The maximum atomic E-state index is 12.1. The lowest BCUT2D eigenvalue weighted by molar-refractivity contribution is -0.118. The molecule has 1 amide bonds. The van der Waals surface area contributed by atoms with Gasteiger partial charge in [0.1, 0.15) is 17.8 Å². The topological polar surface area (TPSA) is 64.6 Å². The molecule has 126 valence electrons. The predicted octanol–water partition coefficient (Wildman–Crippen LogP) is 3.61. The molecule has 2 rings (SSSR count). The highest BCUT2D eigenvalue weighted by molar-refractivity contribution is 5.94. The van der Waals surface area contributed by atoms with Crippen LogP contribution >= 0.6 is 0 Å². The number of hydrogen-bond donors (Lipinski definition) is 1. The van der Waals surface area contributed by atoms with Gasteiger partial charge in [0.15, 0.2) is 6.61 Å². The van der Waals surface area contributed by atoms with Gasteiger partial charge in [-0.05, 0) is 43.7 Å². The van der Waals surface area contributed by atoms with Crippen molar-refractivity contribution >= 4 is 17.9 Å². The van der Waals surface area contributed by atoms with Crippen molar-refractivity contribution in [3.63, 3.8) is 0 Å². The molecule has 0 spiro atoms. The van der Waals surface area contributed by atoms with Gasteiger partial charge in [-0.3, -0.25) is 9.59 Å². The monoisotopic (exact) mass is 327 g/mol. The van der Waals surface area contributed by atoms with Crippen LogP contribution in [0.3, 0.4) is 0 Å². The Morgan fingerprint density at radius 3 is 2.54 bits per heavy atom. The Hall–Kier alpha value is -2.82. The van der Waals surface area contributed by atoms with Crippen LogP contribution in [0.1, 0.15) is 29.3 Å². The second kappa shape index (κ2) is 8.72. The minimum Gasteiger partial charge on any atom is -0.491 e. The summed E-state index contributed by atoms with van der Waals surface area (Å²) in [6.45, 7) is 4.38. The molecule has 1 N–H and O–H groups in total. The van der Waals surface area contributed by atoms with E-state index in [0.29, 0.717) is 29.4 Å². The fraction of sp³-hybridized carbons (Fsp3) is 0.263. The maximum Gasteiger partial charge on any atom is 0.262 e. The summed E-state index contributed by atoms with van der Waals surface area (Å²) >= 11 is 0. The summed E-state index contributed by atoms with van der Waals surface area (Å²) in [7, 11) is 0. The van der Waals surface area contributed by atoms with E-state index in [-0.39, 0.29) is 12.5 Å². The standard InChI is InChI=1S/C19H21NO4/c1-3-10-23-18-9-6-15(12-21)11-17(18)20-19(22)13-24-16-7-4-14(2)5-8-16/h4-9,11-12H,3,10,13H2,1-2H3,(H,20,22). The molecule has 2 aromatic carbocycles. The molecule has 0 heterocycles. The average Bonchev–Trinajstić information content (AvgIpc) is 2.60. The van der Waals surface area contributed by atoms with Crippen LogP contribution in [-0.4, -0.2) is 25.4 Å². The molecule has 0 fully saturated rings. The molecule has 0 aliphatic carbocycles. The van der Waals surface area contributed by atoms with E-state index in [0.717, 1.165) is 18.3 Å². The Morgan fingerprint density at radius 1 is 1.12 bits per heavy atom. The molecule has 0 bridgehead atoms. The Morgan fingerprint density at radius 2 is 1.88 bits per heavy atom. The molecule has 0 aromatic heterocycles. The van der Waals surface area contributed by atoms with Crippen LogP contribution in [0.2, 0.25) is 0 Å². The molecule has 5 nitrogen and oxygen atoms in total. The van der Waals surface area contributed by atoms with Crippen molar-refractivity contribution in [1.29, 1.82) is 0 Å². The van der Waals surface area contributed by atoms with Crippen molar-refractivity contribution in [2.45, 2.75) is 20.3 Å². The number of aldehydes is 1. The molecule has 0 atom stereocenters. The van der Waals surface area contributed by atoms with E-state index >= 15 is 0 Å². The lowest BCUT2D eigenvalue weighted by Gasteiger charge is -2.13. The van der Waals surface area contributed by atoms with Crippen molar-refractivity contribution in [3.05, 3.63) is 53.6 Å². The number of benzene rings is 2. The third-order valence-electron chi connectivity index (χ3n) is 3.27. The van der Waals surface area contributed by atoms with E-state index in [9.17, 15) is 9.59 Å². The molecule has 0 radical (unpaired) electrons. The highest BCUT2D eigenvalue weighted by Gasteiger charge is 2.10. The Labute approximate surface area is 141 Å². The third-order valence-corrected chi connectivity index (χ3v) is 3.27. The summed E-state index contributed by atoms with van der Waals surface area (Å²) in [6.07, 6.45) is 1.57. The summed E-state index contributed by atoms with van der Waals surface area (Å²) in [4.78, 5) is 23.0. The molecule has 0 aliphatic rings. The number of amides is 1.